The van der Waals surface area contributed by atoms with Gasteiger partial charge in [0.15, 0.2) is 5.69 Å². The first-order valence-electron chi connectivity index (χ1n) is 7.87. The maximum Gasteiger partial charge on any atom is 0.359 e. The summed E-state index contributed by atoms with van der Waals surface area (Å²) in [5.41, 5.74) is 4.28. The number of aromatic nitrogens is 2. The minimum absolute atomic E-state index is 0.159. The van der Waals surface area contributed by atoms with Crippen LogP contribution in [0.2, 0.25) is 0 Å². The summed E-state index contributed by atoms with van der Waals surface area (Å²) in [5.74, 6) is -0.660. The Balaban J connectivity index is 2.15. The number of amides is 1. The first-order chi connectivity index (χ1) is 11.3. The Morgan fingerprint density at radius 2 is 1.79 bits per heavy atom. The van der Waals surface area contributed by atoms with E-state index in [1.807, 2.05) is 32.9 Å². The fraction of sp³-hybridized carbons (Fsp3) is 0.389. The number of ether oxygens (including phenoxy) is 1. The third-order valence-corrected chi connectivity index (χ3v) is 3.49. The Bertz CT molecular complexity index is 745. The van der Waals surface area contributed by atoms with Gasteiger partial charge in [0.1, 0.15) is 6.10 Å². The summed E-state index contributed by atoms with van der Waals surface area (Å²) in [6.07, 6.45) is -0.423. The van der Waals surface area contributed by atoms with Gasteiger partial charge in [0.25, 0.3) is 0 Å². The molecule has 0 saturated carbocycles. The number of rotatable bonds is 5. The molecule has 0 aliphatic heterocycles. The number of carbonyl (C=O) groups excluding carboxylic acids is 2. The zero-order chi connectivity index (χ0) is 17.9. The predicted octanol–water partition coefficient (Wildman–Crippen LogP) is 2.48. The van der Waals surface area contributed by atoms with Crippen molar-refractivity contribution >= 4 is 11.9 Å². The minimum atomic E-state index is -0.501. The van der Waals surface area contributed by atoms with Crippen LogP contribution in [0.5, 0.6) is 0 Å². The highest BCUT2D eigenvalue weighted by atomic mass is 16.5. The summed E-state index contributed by atoms with van der Waals surface area (Å²) < 4.78 is 7.04. The molecule has 1 N–H and O–H groups in total. The zero-order valence-corrected chi connectivity index (χ0v) is 14.7. The molecule has 0 aliphatic carbocycles. The molecule has 2 aromatic rings. The van der Waals surface area contributed by atoms with Crippen LogP contribution in [0.4, 0.5) is 0 Å². The first kappa shape index (κ1) is 17.7. The minimum Gasteiger partial charge on any atom is -0.456 e. The predicted molar refractivity (Wildman–Crippen MR) is 91.3 cm³/mol. The molecule has 1 amide bonds. The highest BCUT2D eigenvalue weighted by Crippen LogP contribution is 2.16. The number of aryl methyl sites for hydroxylation is 3. The molecule has 24 heavy (non-hydrogen) atoms. The van der Waals surface area contributed by atoms with E-state index >= 15 is 0 Å². The van der Waals surface area contributed by atoms with E-state index in [0.29, 0.717) is 0 Å². The molecule has 0 aliphatic rings. The standard InChI is InChI=1S/C18H23N3O3/c1-11-6-12(2)8-16(7-11)21-13(3)9-17(20-21)18(23)24-14(4)10-19-15(5)22/h6-9,14H,10H2,1-5H3,(H,19,22)/t14-/m1/s1. The summed E-state index contributed by atoms with van der Waals surface area (Å²) in [4.78, 5) is 23.1. The molecule has 0 radical (unpaired) electrons. The summed E-state index contributed by atoms with van der Waals surface area (Å²) >= 11 is 0. The maximum atomic E-state index is 12.2. The van der Waals surface area contributed by atoms with E-state index < -0.39 is 12.1 Å². The molecular formula is C18H23N3O3. The first-order valence-corrected chi connectivity index (χ1v) is 7.87. The molecule has 0 saturated heterocycles. The number of benzene rings is 1. The number of carbonyl (C=O) groups is 2. The lowest BCUT2D eigenvalue weighted by Gasteiger charge is -2.12. The number of nitrogens with zero attached hydrogens (tertiary/aromatic N) is 2. The Kier molecular flexibility index (Phi) is 5.39. The van der Waals surface area contributed by atoms with Crippen molar-refractivity contribution in [3.8, 4) is 5.69 Å². The van der Waals surface area contributed by atoms with Gasteiger partial charge in [-0.05, 0) is 57.0 Å². The second-order valence-electron chi connectivity index (χ2n) is 6.08. The van der Waals surface area contributed by atoms with E-state index in [4.69, 9.17) is 4.74 Å². The van der Waals surface area contributed by atoms with Crippen molar-refractivity contribution in [1.82, 2.24) is 15.1 Å². The van der Waals surface area contributed by atoms with Crippen LogP contribution in [0.25, 0.3) is 5.69 Å². The second-order valence-corrected chi connectivity index (χ2v) is 6.08. The van der Waals surface area contributed by atoms with Gasteiger partial charge in [-0.3, -0.25) is 4.79 Å². The van der Waals surface area contributed by atoms with Gasteiger partial charge in [-0.15, -0.1) is 0 Å². The number of hydrogen-bond donors (Lipinski definition) is 1. The van der Waals surface area contributed by atoms with Gasteiger partial charge in [-0.2, -0.15) is 5.10 Å². The lowest BCUT2D eigenvalue weighted by atomic mass is 10.1. The molecule has 1 heterocycles. The zero-order valence-electron chi connectivity index (χ0n) is 14.7. The largest absolute Gasteiger partial charge is 0.456 e. The van der Waals surface area contributed by atoms with Crippen molar-refractivity contribution in [1.29, 1.82) is 0 Å². The third kappa shape index (κ3) is 4.44. The van der Waals surface area contributed by atoms with Crippen LogP contribution in [0.3, 0.4) is 0 Å². The molecule has 6 heteroatoms. The molecule has 6 nitrogen and oxygen atoms in total. The van der Waals surface area contributed by atoms with Crippen LogP contribution in [0.1, 0.15) is 41.2 Å². The van der Waals surface area contributed by atoms with Crippen molar-refractivity contribution < 1.29 is 14.3 Å². The number of nitrogens with one attached hydrogen (secondary N) is 1. The summed E-state index contributed by atoms with van der Waals surface area (Å²) in [7, 11) is 0. The second kappa shape index (κ2) is 7.29. The highest BCUT2D eigenvalue weighted by Gasteiger charge is 2.17. The van der Waals surface area contributed by atoms with E-state index in [1.54, 1.807) is 17.7 Å². The number of esters is 1. The summed E-state index contributed by atoms with van der Waals surface area (Å²) in [6, 6.07) is 7.81. The Hall–Kier alpha value is -2.63. The van der Waals surface area contributed by atoms with Gasteiger partial charge >= 0.3 is 5.97 Å². The fourth-order valence-electron chi connectivity index (χ4n) is 2.48. The van der Waals surface area contributed by atoms with Crippen molar-refractivity contribution in [3.05, 3.63) is 46.8 Å². The van der Waals surface area contributed by atoms with Crippen molar-refractivity contribution in [2.75, 3.05) is 6.54 Å². The van der Waals surface area contributed by atoms with Crippen LogP contribution in [0, 0.1) is 20.8 Å². The lowest BCUT2D eigenvalue weighted by Crippen LogP contribution is -2.31. The van der Waals surface area contributed by atoms with Crippen LogP contribution in [-0.4, -0.2) is 34.3 Å². The molecule has 2 rings (SSSR count). The molecule has 0 fully saturated rings. The van der Waals surface area contributed by atoms with E-state index in [1.165, 1.54) is 6.92 Å². The lowest BCUT2D eigenvalue weighted by molar-refractivity contribution is -0.119. The topological polar surface area (TPSA) is 73.2 Å². The van der Waals surface area contributed by atoms with Gasteiger partial charge in [-0.1, -0.05) is 6.07 Å². The molecule has 0 spiro atoms. The molecule has 1 aromatic heterocycles. The monoisotopic (exact) mass is 329 g/mol. The van der Waals surface area contributed by atoms with Crippen molar-refractivity contribution in [2.45, 2.75) is 40.7 Å². The van der Waals surface area contributed by atoms with Gasteiger partial charge in [0.05, 0.1) is 12.2 Å². The van der Waals surface area contributed by atoms with Crippen LogP contribution < -0.4 is 5.32 Å². The normalized spacial score (nSPS) is 11.9. The van der Waals surface area contributed by atoms with Gasteiger partial charge < -0.3 is 10.1 Å². The quantitative estimate of drug-likeness (QED) is 0.855. The van der Waals surface area contributed by atoms with E-state index in [2.05, 4.69) is 16.5 Å². The van der Waals surface area contributed by atoms with Crippen molar-refractivity contribution in [2.24, 2.45) is 0 Å². The molecule has 0 bridgehead atoms. The van der Waals surface area contributed by atoms with Crippen molar-refractivity contribution in [3.63, 3.8) is 0 Å². The van der Waals surface area contributed by atoms with Crippen LogP contribution in [0.15, 0.2) is 24.3 Å². The maximum absolute atomic E-state index is 12.2. The molecule has 0 unspecified atom stereocenters. The van der Waals surface area contributed by atoms with Gasteiger partial charge in [-0.25, -0.2) is 9.48 Å². The van der Waals surface area contributed by atoms with E-state index in [-0.39, 0.29) is 18.1 Å². The average molecular weight is 329 g/mol. The van der Waals surface area contributed by atoms with Crippen LogP contribution in [-0.2, 0) is 9.53 Å². The Morgan fingerprint density at radius 1 is 1.17 bits per heavy atom. The molecular weight excluding hydrogens is 306 g/mol. The fourth-order valence-corrected chi connectivity index (χ4v) is 2.48. The summed E-state index contributed by atoms with van der Waals surface area (Å²) in [6.45, 7) is 9.35. The van der Waals surface area contributed by atoms with E-state index in [0.717, 1.165) is 22.5 Å². The smallest absolute Gasteiger partial charge is 0.359 e. The van der Waals surface area contributed by atoms with E-state index in [9.17, 15) is 9.59 Å². The Morgan fingerprint density at radius 3 is 2.38 bits per heavy atom. The highest BCUT2D eigenvalue weighted by molar-refractivity contribution is 5.87. The molecule has 1 aromatic carbocycles. The number of hydrogen-bond acceptors (Lipinski definition) is 4. The SMILES string of the molecule is CC(=O)NC[C@@H](C)OC(=O)c1cc(C)n(-c2cc(C)cc(C)c2)n1. The Labute approximate surface area is 141 Å². The third-order valence-electron chi connectivity index (χ3n) is 3.49. The summed E-state index contributed by atoms with van der Waals surface area (Å²) in [5, 5.41) is 6.98. The van der Waals surface area contributed by atoms with Gasteiger partial charge in [0, 0.05) is 12.6 Å². The van der Waals surface area contributed by atoms with Crippen LogP contribution >= 0.6 is 0 Å². The molecule has 128 valence electrons. The molecule has 1 atom stereocenters. The average Bonchev–Trinajstić information content (AvgIpc) is 2.86. The van der Waals surface area contributed by atoms with Gasteiger partial charge in [0.2, 0.25) is 5.91 Å².